The van der Waals surface area contributed by atoms with Gasteiger partial charge in [0.1, 0.15) is 18.3 Å². The minimum atomic E-state index is -4.27. The van der Waals surface area contributed by atoms with Crippen molar-refractivity contribution in [2.24, 2.45) is 0 Å². The summed E-state index contributed by atoms with van der Waals surface area (Å²) < 4.78 is 34.1. The molecule has 8 nitrogen and oxygen atoms in total. The summed E-state index contributed by atoms with van der Waals surface area (Å²) >= 11 is 12.7. The number of ether oxygens (including phenoxy) is 1. The minimum Gasteiger partial charge on any atom is -0.497 e. The molecule has 0 radical (unpaired) electrons. The number of anilines is 1. The zero-order valence-electron chi connectivity index (χ0n) is 23.9. The summed E-state index contributed by atoms with van der Waals surface area (Å²) in [5.41, 5.74) is 1.10. The molecule has 3 aromatic carbocycles. The molecule has 0 heterocycles. The monoisotopic (exact) mass is 619 g/mol. The Morgan fingerprint density at radius 2 is 1.59 bits per heavy atom. The summed E-state index contributed by atoms with van der Waals surface area (Å²) in [6, 6.07) is 17.0. The third kappa shape index (κ3) is 8.15. The SMILES string of the molecule is COc1ccc(CN(C(=O)CN(c2cccc(Cl)c2Cl)S(=O)(=O)c2ccc(C)cc2)C(C)C(=O)NC(C)(C)C)cc1. The molecule has 11 heteroatoms. The maximum Gasteiger partial charge on any atom is 0.264 e. The first-order valence-corrected chi connectivity index (χ1v) is 15.1. The molecular formula is C30H35Cl2N3O5S. The molecule has 0 saturated heterocycles. The Bertz CT molecular complexity index is 1490. The summed E-state index contributed by atoms with van der Waals surface area (Å²) in [5.74, 6) is -0.353. The van der Waals surface area contributed by atoms with Crippen LogP contribution in [0.3, 0.4) is 0 Å². The van der Waals surface area contributed by atoms with Crippen LogP contribution in [-0.2, 0) is 26.2 Å². The van der Waals surface area contributed by atoms with Crippen LogP contribution in [0, 0.1) is 6.92 Å². The van der Waals surface area contributed by atoms with E-state index >= 15 is 0 Å². The highest BCUT2D eigenvalue weighted by Crippen LogP contribution is 2.35. The molecule has 1 N–H and O–H groups in total. The number of aryl methyl sites for hydroxylation is 1. The van der Waals surface area contributed by atoms with Gasteiger partial charge in [0.05, 0.1) is 27.7 Å². The number of carbonyl (C=O) groups is 2. The van der Waals surface area contributed by atoms with Crippen molar-refractivity contribution in [1.82, 2.24) is 10.2 Å². The molecule has 0 aliphatic carbocycles. The molecule has 0 aromatic heterocycles. The van der Waals surface area contributed by atoms with Gasteiger partial charge in [-0.15, -0.1) is 0 Å². The third-order valence-electron chi connectivity index (χ3n) is 6.27. The van der Waals surface area contributed by atoms with Gasteiger partial charge in [-0.3, -0.25) is 13.9 Å². The lowest BCUT2D eigenvalue weighted by Crippen LogP contribution is -2.54. The van der Waals surface area contributed by atoms with Gasteiger partial charge in [-0.2, -0.15) is 0 Å². The maximum absolute atomic E-state index is 14.0. The number of halogens is 2. The number of methoxy groups -OCH3 is 1. The maximum atomic E-state index is 14.0. The summed E-state index contributed by atoms with van der Waals surface area (Å²) in [6.07, 6.45) is 0. The van der Waals surface area contributed by atoms with Crippen molar-refractivity contribution in [1.29, 1.82) is 0 Å². The van der Waals surface area contributed by atoms with Crippen molar-refractivity contribution in [3.8, 4) is 5.75 Å². The lowest BCUT2D eigenvalue weighted by Gasteiger charge is -2.33. The summed E-state index contributed by atoms with van der Waals surface area (Å²) in [5, 5.41) is 3.02. The quantitative estimate of drug-likeness (QED) is 0.308. The van der Waals surface area contributed by atoms with E-state index in [9.17, 15) is 18.0 Å². The molecular weight excluding hydrogens is 585 g/mol. The van der Waals surface area contributed by atoms with Crippen LogP contribution in [0.25, 0.3) is 0 Å². The zero-order valence-corrected chi connectivity index (χ0v) is 26.3. The predicted molar refractivity (Wildman–Crippen MR) is 163 cm³/mol. The molecule has 1 unspecified atom stereocenters. The predicted octanol–water partition coefficient (Wildman–Crippen LogP) is 5.84. The number of amides is 2. The van der Waals surface area contributed by atoms with Gasteiger partial charge in [-0.25, -0.2) is 8.42 Å². The van der Waals surface area contributed by atoms with Crippen molar-refractivity contribution in [3.63, 3.8) is 0 Å². The van der Waals surface area contributed by atoms with E-state index in [1.54, 1.807) is 56.5 Å². The van der Waals surface area contributed by atoms with E-state index in [0.717, 1.165) is 15.4 Å². The highest BCUT2D eigenvalue weighted by molar-refractivity contribution is 7.92. The van der Waals surface area contributed by atoms with Gasteiger partial charge in [0.25, 0.3) is 10.0 Å². The van der Waals surface area contributed by atoms with Crippen LogP contribution in [-0.4, -0.2) is 50.4 Å². The Hall–Kier alpha value is -3.27. The van der Waals surface area contributed by atoms with Crippen LogP contribution in [0.1, 0.15) is 38.8 Å². The van der Waals surface area contributed by atoms with Gasteiger partial charge in [0, 0.05) is 12.1 Å². The molecule has 2 amide bonds. The lowest BCUT2D eigenvalue weighted by atomic mass is 10.1. The van der Waals surface area contributed by atoms with Crippen molar-refractivity contribution in [3.05, 3.63) is 87.9 Å². The third-order valence-corrected chi connectivity index (χ3v) is 8.85. The number of hydrogen-bond donors (Lipinski definition) is 1. The minimum absolute atomic E-state index is 0.0159. The van der Waals surface area contributed by atoms with E-state index in [4.69, 9.17) is 27.9 Å². The summed E-state index contributed by atoms with van der Waals surface area (Å²) in [6.45, 7) is 8.38. The second-order valence-electron chi connectivity index (χ2n) is 10.7. The highest BCUT2D eigenvalue weighted by Gasteiger charge is 2.34. The number of hydrogen-bond acceptors (Lipinski definition) is 5. The van der Waals surface area contributed by atoms with E-state index in [1.807, 2.05) is 27.7 Å². The van der Waals surface area contributed by atoms with Gasteiger partial charge in [0.15, 0.2) is 0 Å². The fraction of sp³-hybridized carbons (Fsp3) is 0.333. The Labute approximate surface area is 252 Å². The van der Waals surface area contributed by atoms with Crippen LogP contribution in [0.5, 0.6) is 5.75 Å². The van der Waals surface area contributed by atoms with E-state index in [1.165, 1.54) is 29.2 Å². The number of rotatable bonds is 10. The number of carbonyl (C=O) groups excluding carboxylic acids is 2. The van der Waals surface area contributed by atoms with Gasteiger partial charge in [-0.1, -0.05) is 59.1 Å². The molecule has 41 heavy (non-hydrogen) atoms. The Kier molecular flexibility index (Phi) is 10.3. The number of benzene rings is 3. The number of nitrogens with zero attached hydrogens (tertiary/aromatic N) is 2. The largest absolute Gasteiger partial charge is 0.497 e. The fourth-order valence-corrected chi connectivity index (χ4v) is 5.89. The standard InChI is InChI=1S/C30H35Cl2N3O5S/c1-20-10-16-24(17-11-20)41(38,39)35(26-9-7-8-25(31)28(26)32)19-27(36)34(21(2)29(37)33-30(3,4)5)18-22-12-14-23(40-6)15-13-22/h7-17,21H,18-19H2,1-6H3,(H,33,37). The van der Waals surface area contributed by atoms with E-state index in [0.29, 0.717) is 5.75 Å². The molecule has 3 rings (SSSR count). The molecule has 3 aromatic rings. The second-order valence-corrected chi connectivity index (χ2v) is 13.3. The van der Waals surface area contributed by atoms with Crippen LogP contribution in [0.4, 0.5) is 5.69 Å². The first-order chi connectivity index (χ1) is 19.1. The molecule has 0 aliphatic rings. The molecule has 0 fully saturated rings. The van der Waals surface area contributed by atoms with Gasteiger partial charge >= 0.3 is 0 Å². The lowest BCUT2D eigenvalue weighted by molar-refractivity contribution is -0.140. The topological polar surface area (TPSA) is 96.0 Å². The molecule has 220 valence electrons. The Balaban J connectivity index is 2.07. The number of sulfonamides is 1. The summed E-state index contributed by atoms with van der Waals surface area (Å²) in [7, 11) is -2.72. The Morgan fingerprint density at radius 1 is 0.976 bits per heavy atom. The van der Waals surface area contributed by atoms with Crippen LogP contribution in [0.15, 0.2) is 71.6 Å². The van der Waals surface area contributed by atoms with Crippen molar-refractivity contribution in [2.75, 3.05) is 18.0 Å². The van der Waals surface area contributed by atoms with E-state index in [-0.39, 0.29) is 33.1 Å². The Morgan fingerprint density at radius 3 is 2.15 bits per heavy atom. The molecule has 0 saturated carbocycles. The van der Waals surface area contributed by atoms with E-state index in [2.05, 4.69) is 5.32 Å². The molecule has 0 aliphatic heterocycles. The van der Waals surface area contributed by atoms with Crippen molar-refractivity contribution in [2.45, 2.75) is 57.6 Å². The zero-order chi connectivity index (χ0) is 30.5. The molecule has 0 spiro atoms. The molecule has 1 atom stereocenters. The van der Waals surface area contributed by atoms with Crippen LogP contribution < -0.4 is 14.4 Å². The highest BCUT2D eigenvalue weighted by atomic mass is 35.5. The second kappa shape index (κ2) is 13.1. The average Bonchev–Trinajstić information content (AvgIpc) is 2.91. The smallest absolute Gasteiger partial charge is 0.264 e. The average molecular weight is 621 g/mol. The van der Waals surface area contributed by atoms with Gasteiger partial charge in [0.2, 0.25) is 11.8 Å². The normalized spacial score (nSPS) is 12.4. The number of nitrogens with one attached hydrogen (secondary N) is 1. The van der Waals surface area contributed by atoms with Gasteiger partial charge < -0.3 is 15.0 Å². The van der Waals surface area contributed by atoms with Crippen molar-refractivity contribution >= 4 is 50.7 Å². The van der Waals surface area contributed by atoms with E-state index < -0.39 is 34.1 Å². The first kappa shape index (κ1) is 32.2. The first-order valence-electron chi connectivity index (χ1n) is 12.9. The molecule has 0 bridgehead atoms. The van der Waals surface area contributed by atoms with Crippen LogP contribution in [0.2, 0.25) is 10.0 Å². The van der Waals surface area contributed by atoms with Gasteiger partial charge in [-0.05, 0) is 76.6 Å². The summed E-state index contributed by atoms with van der Waals surface area (Å²) in [4.78, 5) is 28.6. The fourth-order valence-electron chi connectivity index (χ4n) is 4.02. The van der Waals surface area contributed by atoms with Crippen molar-refractivity contribution < 1.29 is 22.7 Å². The van der Waals surface area contributed by atoms with Crippen LogP contribution >= 0.6 is 23.2 Å².